The first kappa shape index (κ1) is 11.4. The molecular formula is C15H20O. The van der Waals surface area contributed by atoms with Crippen molar-refractivity contribution in [3.63, 3.8) is 0 Å². The first-order valence-corrected chi connectivity index (χ1v) is 6.21. The molecule has 1 aliphatic rings. The molecule has 0 N–H and O–H groups in total. The normalized spacial score (nSPS) is 18.4. The zero-order valence-electron chi connectivity index (χ0n) is 10.2. The van der Waals surface area contributed by atoms with Crippen LogP contribution in [0.25, 0.3) is 6.08 Å². The standard InChI is InChI=1S/C15H20O/c1-3-4-7-10-16-15-12(2)11-13-8-5-6-9-14(13)15/h5-6,8-9,11,15H,3-4,7,10H2,1-2H3. The average Bonchev–Trinajstić information content (AvgIpc) is 2.61. The van der Waals surface area contributed by atoms with Gasteiger partial charge < -0.3 is 4.74 Å². The molecule has 1 aromatic rings. The van der Waals surface area contributed by atoms with Crippen LogP contribution in [-0.4, -0.2) is 6.61 Å². The summed E-state index contributed by atoms with van der Waals surface area (Å²) in [6.45, 7) is 5.25. The van der Waals surface area contributed by atoms with Crippen molar-refractivity contribution in [2.24, 2.45) is 0 Å². The van der Waals surface area contributed by atoms with E-state index in [0.29, 0.717) is 0 Å². The molecule has 86 valence electrons. The van der Waals surface area contributed by atoms with E-state index in [4.69, 9.17) is 4.74 Å². The SMILES string of the molecule is CCCCCOC1C(C)=Cc2ccccc21. The lowest BCUT2D eigenvalue weighted by molar-refractivity contribution is 0.0768. The lowest BCUT2D eigenvalue weighted by Crippen LogP contribution is -2.04. The molecule has 0 radical (unpaired) electrons. The fourth-order valence-corrected chi connectivity index (χ4v) is 2.22. The minimum absolute atomic E-state index is 0.202. The number of fused-ring (bicyclic) bond motifs is 1. The number of hydrogen-bond donors (Lipinski definition) is 0. The second-order valence-electron chi connectivity index (χ2n) is 4.48. The van der Waals surface area contributed by atoms with Crippen molar-refractivity contribution in [2.45, 2.75) is 39.2 Å². The highest BCUT2D eigenvalue weighted by molar-refractivity contribution is 5.64. The Labute approximate surface area is 98.1 Å². The maximum atomic E-state index is 5.98. The van der Waals surface area contributed by atoms with Crippen molar-refractivity contribution in [2.75, 3.05) is 6.61 Å². The van der Waals surface area contributed by atoms with Crippen LogP contribution in [-0.2, 0) is 4.74 Å². The van der Waals surface area contributed by atoms with Gasteiger partial charge in [0.25, 0.3) is 0 Å². The van der Waals surface area contributed by atoms with Crippen LogP contribution in [0.5, 0.6) is 0 Å². The van der Waals surface area contributed by atoms with E-state index in [2.05, 4.69) is 44.2 Å². The summed E-state index contributed by atoms with van der Waals surface area (Å²) in [6.07, 6.45) is 6.12. The van der Waals surface area contributed by atoms with Crippen molar-refractivity contribution < 1.29 is 4.74 Å². The Balaban J connectivity index is 1.98. The van der Waals surface area contributed by atoms with E-state index in [1.54, 1.807) is 0 Å². The molecule has 1 heteroatoms. The van der Waals surface area contributed by atoms with E-state index >= 15 is 0 Å². The molecule has 1 unspecified atom stereocenters. The lowest BCUT2D eigenvalue weighted by Gasteiger charge is -2.15. The minimum atomic E-state index is 0.202. The zero-order valence-corrected chi connectivity index (χ0v) is 10.2. The molecule has 1 nitrogen and oxygen atoms in total. The molecule has 0 aromatic heterocycles. The fourth-order valence-electron chi connectivity index (χ4n) is 2.22. The quantitative estimate of drug-likeness (QED) is 0.665. The topological polar surface area (TPSA) is 9.23 Å². The molecular weight excluding hydrogens is 196 g/mol. The van der Waals surface area contributed by atoms with E-state index in [1.165, 1.54) is 36.0 Å². The van der Waals surface area contributed by atoms with Crippen molar-refractivity contribution in [3.05, 3.63) is 41.0 Å². The van der Waals surface area contributed by atoms with Crippen LogP contribution >= 0.6 is 0 Å². The van der Waals surface area contributed by atoms with E-state index < -0.39 is 0 Å². The number of hydrogen-bond acceptors (Lipinski definition) is 1. The van der Waals surface area contributed by atoms with E-state index in [-0.39, 0.29) is 6.10 Å². The van der Waals surface area contributed by atoms with Gasteiger partial charge >= 0.3 is 0 Å². The van der Waals surface area contributed by atoms with Crippen LogP contribution in [0.1, 0.15) is 50.3 Å². The van der Waals surface area contributed by atoms with Crippen LogP contribution in [0.3, 0.4) is 0 Å². The summed E-state index contributed by atoms with van der Waals surface area (Å²) in [4.78, 5) is 0. The summed E-state index contributed by atoms with van der Waals surface area (Å²) in [5.41, 5.74) is 3.98. The van der Waals surface area contributed by atoms with Gasteiger partial charge in [-0.2, -0.15) is 0 Å². The van der Waals surface area contributed by atoms with Crippen molar-refractivity contribution >= 4 is 6.08 Å². The van der Waals surface area contributed by atoms with Crippen LogP contribution < -0.4 is 0 Å². The largest absolute Gasteiger partial charge is 0.369 e. The molecule has 0 saturated carbocycles. The highest BCUT2D eigenvalue weighted by Gasteiger charge is 2.22. The van der Waals surface area contributed by atoms with Gasteiger partial charge in [0, 0.05) is 6.61 Å². The monoisotopic (exact) mass is 216 g/mol. The molecule has 0 spiro atoms. The van der Waals surface area contributed by atoms with Gasteiger partial charge in [-0.15, -0.1) is 0 Å². The van der Waals surface area contributed by atoms with Crippen molar-refractivity contribution in [1.29, 1.82) is 0 Å². The molecule has 2 rings (SSSR count). The Morgan fingerprint density at radius 3 is 2.81 bits per heavy atom. The minimum Gasteiger partial charge on any atom is -0.369 e. The van der Waals surface area contributed by atoms with Gasteiger partial charge in [0.15, 0.2) is 0 Å². The molecule has 1 aliphatic carbocycles. The summed E-state index contributed by atoms with van der Waals surface area (Å²) in [5, 5.41) is 0. The van der Waals surface area contributed by atoms with Crippen molar-refractivity contribution in [1.82, 2.24) is 0 Å². The van der Waals surface area contributed by atoms with Gasteiger partial charge in [-0.1, -0.05) is 50.1 Å². The summed E-state index contributed by atoms with van der Waals surface area (Å²) in [7, 11) is 0. The smallest absolute Gasteiger partial charge is 0.104 e. The highest BCUT2D eigenvalue weighted by atomic mass is 16.5. The Morgan fingerprint density at radius 1 is 1.19 bits per heavy atom. The molecule has 1 aromatic carbocycles. The first-order chi connectivity index (χ1) is 7.83. The second kappa shape index (κ2) is 5.31. The highest BCUT2D eigenvalue weighted by Crippen LogP contribution is 2.36. The summed E-state index contributed by atoms with van der Waals surface area (Å²) in [6, 6.07) is 8.51. The lowest BCUT2D eigenvalue weighted by atomic mass is 10.1. The second-order valence-corrected chi connectivity index (χ2v) is 4.48. The van der Waals surface area contributed by atoms with Gasteiger partial charge in [0.2, 0.25) is 0 Å². The summed E-state index contributed by atoms with van der Waals surface area (Å²) >= 11 is 0. The molecule has 0 saturated heterocycles. The number of benzene rings is 1. The van der Waals surface area contributed by atoms with Gasteiger partial charge in [-0.05, 0) is 30.0 Å². The third-order valence-corrected chi connectivity index (χ3v) is 3.11. The van der Waals surface area contributed by atoms with Crippen molar-refractivity contribution in [3.8, 4) is 0 Å². The van der Waals surface area contributed by atoms with E-state index in [1.807, 2.05) is 0 Å². The summed E-state index contributed by atoms with van der Waals surface area (Å²) < 4.78 is 5.98. The number of ether oxygens (including phenoxy) is 1. The average molecular weight is 216 g/mol. The number of rotatable bonds is 5. The molecule has 0 amide bonds. The van der Waals surface area contributed by atoms with Gasteiger partial charge in [0.1, 0.15) is 6.10 Å². The molecule has 0 aliphatic heterocycles. The molecule has 0 fully saturated rings. The van der Waals surface area contributed by atoms with Gasteiger partial charge in [-0.25, -0.2) is 0 Å². The molecule has 0 bridgehead atoms. The Hall–Kier alpha value is -1.08. The molecule has 1 atom stereocenters. The zero-order chi connectivity index (χ0) is 11.4. The Bertz CT molecular complexity index is 379. The Kier molecular flexibility index (Phi) is 3.79. The van der Waals surface area contributed by atoms with Crippen LogP contribution in [0, 0.1) is 0 Å². The van der Waals surface area contributed by atoms with Gasteiger partial charge in [-0.3, -0.25) is 0 Å². The third-order valence-electron chi connectivity index (χ3n) is 3.11. The maximum Gasteiger partial charge on any atom is 0.104 e. The van der Waals surface area contributed by atoms with Crippen LogP contribution in [0.15, 0.2) is 29.8 Å². The van der Waals surface area contributed by atoms with Gasteiger partial charge in [0.05, 0.1) is 0 Å². The van der Waals surface area contributed by atoms with E-state index in [0.717, 1.165) is 6.61 Å². The van der Waals surface area contributed by atoms with Crippen LogP contribution in [0.2, 0.25) is 0 Å². The summed E-state index contributed by atoms with van der Waals surface area (Å²) in [5.74, 6) is 0. The first-order valence-electron chi connectivity index (χ1n) is 6.21. The van der Waals surface area contributed by atoms with Crippen LogP contribution in [0.4, 0.5) is 0 Å². The molecule has 16 heavy (non-hydrogen) atoms. The predicted molar refractivity (Wildman–Crippen MR) is 68.3 cm³/mol. The molecule has 0 heterocycles. The fraction of sp³-hybridized carbons (Fsp3) is 0.467. The number of unbranched alkanes of at least 4 members (excludes halogenated alkanes) is 2. The maximum absolute atomic E-state index is 5.98. The van der Waals surface area contributed by atoms with E-state index in [9.17, 15) is 0 Å². The Morgan fingerprint density at radius 2 is 2.00 bits per heavy atom. The third kappa shape index (κ3) is 2.35. The predicted octanol–water partition coefficient (Wildman–Crippen LogP) is 4.35.